The predicted molar refractivity (Wildman–Crippen MR) is 49.1 cm³/mol. The Balaban J connectivity index is 2.17. The molecule has 76 valence electrons. The van der Waals surface area contributed by atoms with Crippen LogP contribution in [0.25, 0.3) is 0 Å². The standard InChI is InChI=1S/C8H9NO4S/c1-3(10)5-6(11)9-4(8(12)13)2-14-7(5)9/h2-3,5,7,10H,1H3,(H,12,13)/t3?,5-,7+/m0/s1. The summed E-state index contributed by atoms with van der Waals surface area (Å²) in [6.45, 7) is 1.54. The molecule has 2 heterocycles. The number of carbonyl (C=O) groups is 2. The fraction of sp³-hybridized carbons (Fsp3) is 0.500. The van der Waals surface area contributed by atoms with Gasteiger partial charge in [0, 0.05) is 5.41 Å². The number of β-lactam (4-membered cyclic amide) rings is 1. The van der Waals surface area contributed by atoms with Gasteiger partial charge in [0.1, 0.15) is 11.1 Å². The minimum Gasteiger partial charge on any atom is -0.477 e. The van der Waals surface area contributed by atoms with Crippen LogP contribution in [0.15, 0.2) is 11.1 Å². The highest BCUT2D eigenvalue weighted by Gasteiger charge is 2.55. The Kier molecular flexibility index (Phi) is 2.04. The smallest absolute Gasteiger partial charge is 0.353 e. The zero-order chi connectivity index (χ0) is 10.5. The van der Waals surface area contributed by atoms with E-state index in [2.05, 4.69) is 0 Å². The van der Waals surface area contributed by atoms with Crippen LogP contribution in [0.4, 0.5) is 0 Å². The number of aliphatic carboxylic acids is 1. The largest absolute Gasteiger partial charge is 0.477 e. The van der Waals surface area contributed by atoms with Crippen LogP contribution >= 0.6 is 11.8 Å². The van der Waals surface area contributed by atoms with Gasteiger partial charge in [0.25, 0.3) is 0 Å². The van der Waals surface area contributed by atoms with Gasteiger partial charge < -0.3 is 10.2 Å². The number of carboxylic acids is 1. The Bertz CT molecular complexity index is 338. The Morgan fingerprint density at radius 1 is 1.71 bits per heavy atom. The molecule has 0 aromatic heterocycles. The normalized spacial score (nSPS) is 32.0. The number of thioether (sulfide) groups is 1. The number of aliphatic hydroxyl groups is 1. The van der Waals surface area contributed by atoms with Gasteiger partial charge in [0.15, 0.2) is 0 Å². The van der Waals surface area contributed by atoms with E-state index >= 15 is 0 Å². The van der Waals surface area contributed by atoms with E-state index in [9.17, 15) is 14.7 Å². The summed E-state index contributed by atoms with van der Waals surface area (Å²) < 4.78 is 0. The van der Waals surface area contributed by atoms with Crippen molar-refractivity contribution in [2.24, 2.45) is 5.92 Å². The maximum Gasteiger partial charge on any atom is 0.353 e. The minimum atomic E-state index is -1.10. The summed E-state index contributed by atoms with van der Waals surface area (Å²) in [5.74, 6) is -1.87. The predicted octanol–water partition coefficient (Wildman–Crippen LogP) is -0.176. The number of carboxylic acid groups (broad SMARTS) is 1. The van der Waals surface area contributed by atoms with E-state index in [4.69, 9.17) is 5.11 Å². The molecule has 1 saturated heterocycles. The lowest BCUT2D eigenvalue weighted by molar-refractivity contribution is -0.156. The van der Waals surface area contributed by atoms with Gasteiger partial charge in [-0.05, 0) is 6.92 Å². The van der Waals surface area contributed by atoms with E-state index in [1.807, 2.05) is 0 Å². The third-order valence-electron chi connectivity index (χ3n) is 2.40. The summed E-state index contributed by atoms with van der Waals surface area (Å²) in [4.78, 5) is 23.4. The number of aliphatic hydroxyl groups excluding tert-OH is 1. The third-order valence-corrected chi connectivity index (χ3v) is 3.54. The quantitative estimate of drug-likeness (QED) is 0.625. The van der Waals surface area contributed by atoms with Gasteiger partial charge >= 0.3 is 5.97 Å². The SMILES string of the molecule is CC(O)[C@H]1C(=O)N2C(C(=O)O)=CS[C@H]12. The van der Waals surface area contributed by atoms with Crippen molar-refractivity contribution in [3.63, 3.8) is 0 Å². The molecule has 3 atom stereocenters. The molecule has 2 aliphatic heterocycles. The number of nitrogens with zero attached hydrogens (tertiary/aromatic N) is 1. The Labute approximate surface area is 84.4 Å². The summed E-state index contributed by atoms with van der Waals surface area (Å²) in [5.41, 5.74) is 0.0156. The number of rotatable bonds is 2. The van der Waals surface area contributed by atoms with Gasteiger partial charge in [-0.25, -0.2) is 4.79 Å². The Hall–Kier alpha value is -1.01. The summed E-state index contributed by atoms with van der Waals surface area (Å²) in [7, 11) is 0. The van der Waals surface area contributed by atoms with Crippen molar-refractivity contribution in [3.8, 4) is 0 Å². The molecular weight excluding hydrogens is 206 g/mol. The van der Waals surface area contributed by atoms with Gasteiger partial charge in [-0.1, -0.05) is 0 Å². The molecule has 1 fully saturated rings. The van der Waals surface area contributed by atoms with Crippen molar-refractivity contribution in [2.75, 3.05) is 0 Å². The van der Waals surface area contributed by atoms with Crippen molar-refractivity contribution in [3.05, 3.63) is 11.1 Å². The first-order chi connectivity index (χ1) is 6.54. The molecule has 1 unspecified atom stereocenters. The lowest BCUT2D eigenvalue weighted by atomic mass is 9.92. The molecular formula is C8H9NO4S. The van der Waals surface area contributed by atoms with Crippen molar-refractivity contribution in [1.29, 1.82) is 0 Å². The topological polar surface area (TPSA) is 77.8 Å². The molecule has 0 bridgehead atoms. The first-order valence-electron chi connectivity index (χ1n) is 4.14. The summed E-state index contributed by atoms with van der Waals surface area (Å²) in [6.07, 6.45) is -0.724. The number of amides is 1. The zero-order valence-electron chi connectivity index (χ0n) is 7.38. The first kappa shape index (κ1) is 9.54. The third kappa shape index (κ3) is 1.07. The molecule has 5 nitrogen and oxygen atoms in total. The lowest BCUT2D eigenvalue weighted by Crippen LogP contribution is -2.60. The second-order valence-corrected chi connectivity index (χ2v) is 4.30. The van der Waals surface area contributed by atoms with Crippen LogP contribution in [0.1, 0.15) is 6.92 Å². The number of fused-ring (bicyclic) bond motifs is 1. The summed E-state index contributed by atoms with van der Waals surface area (Å²) in [5, 5.41) is 19.2. The molecule has 0 radical (unpaired) electrons. The average molecular weight is 215 g/mol. The van der Waals surface area contributed by atoms with Gasteiger partial charge in [-0.2, -0.15) is 0 Å². The van der Waals surface area contributed by atoms with Crippen LogP contribution in [0.5, 0.6) is 0 Å². The van der Waals surface area contributed by atoms with Crippen LogP contribution in [-0.4, -0.2) is 38.5 Å². The van der Waals surface area contributed by atoms with E-state index in [1.165, 1.54) is 22.1 Å². The Morgan fingerprint density at radius 3 is 2.86 bits per heavy atom. The number of hydrogen-bond donors (Lipinski definition) is 2. The van der Waals surface area contributed by atoms with Crippen molar-refractivity contribution < 1.29 is 19.8 Å². The van der Waals surface area contributed by atoms with E-state index in [-0.39, 0.29) is 17.0 Å². The fourth-order valence-electron chi connectivity index (χ4n) is 1.68. The zero-order valence-corrected chi connectivity index (χ0v) is 8.19. The molecule has 2 rings (SSSR count). The second-order valence-electron chi connectivity index (χ2n) is 3.31. The molecule has 6 heteroatoms. The van der Waals surface area contributed by atoms with E-state index < -0.39 is 18.0 Å². The fourth-order valence-corrected chi connectivity index (χ4v) is 3.01. The molecule has 14 heavy (non-hydrogen) atoms. The highest BCUT2D eigenvalue weighted by Crippen LogP contribution is 2.45. The van der Waals surface area contributed by atoms with Crippen LogP contribution in [-0.2, 0) is 9.59 Å². The number of hydrogen-bond acceptors (Lipinski definition) is 4. The van der Waals surface area contributed by atoms with Gasteiger partial charge in [0.2, 0.25) is 5.91 Å². The molecule has 0 aliphatic carbocycles. The van der Waals surface area contributed by atoms with Crippen molar-refractivity contribution >= 4 is 23.6 Å². The second kappa shape index (κ2) is 2.99. The van der Waals surface area contributed by atoms with Gasteiger partial charge in [-0.15, -0.1) is 11.8 Å². The monoisotopic (exact) mass is 215 g/mol. The minimum absolute atomic E-state index is 0.0156. The summed E-state index contributed by atoms with van der Waals surface area (Å²) >= 11 is 1.27. The molecule has 0 aromatic carbocycles. The van der Waals surface area contributed by atoms with Crippen LogP contribution < -0.4 is 0 Å². The highest BCUT2D eigenvalue weighted by molar-refractivity contribution is 8.03. The van der Waals surface area contributed by atoms with E-state index in [0.717, 1.165) is 0 Å². The van der Waals surface area contributed by atoms with E-state index in [1.54, 1.807) is 6.92 Å². The van der Waals surface area contributed by atoms with Crippen LogP contribution in [0.3, 0.4) is 0 Å². The maximum atomic E-state index is 11.4. The van der Waals surface area contributed by atoms with Crippen LogP contribution in [0.2, 0.25) is 0 Å². The van der Waals surface area contributed by atoms with Gasteiger partial charge in [-0.3, -0.25) is 9.69 Å². The molecule has 0 aromatic rings. The average Bonchev–Trinajstić information content (AvgIpc) is 2.42. The highest BCUT2D eigenvalue weighted by atomic mass is 32.2. The lowest BCUT2D eigenvalue weighted by Gasteiger charge is -2.43. The molecule has 2 N–H and O–H groups in total. The Morgan fingerprint density at radius 2 is 2.36 bits per heavy atom. The summed E-state index contributed by atoms with van der Waals surface area (Å²) in [6, 6.07) is 0. The number of carbonyl (C=O) groups excluding carboxylic acids is 1. The van der Waals surface area contributed by atoms with E-state index in [0.29, 0.717) is 0 Å². The molecule has 0 saturated carbocycles. The van der Waals surface area contributed by atoms with Gasteiger partial charge in [0.05, 0.1) is 12.0 Å². The molecule has 0 spiro atoms. The van der Waals surface area contributed by atoms with Crippen molar-refractivity contribution in [2.45, 2.75) is 18.4 Å². The molecule has 1 amide bonds. The van der Waals surface area contributed by atoms with Crippen LogP contribution in [0, 0.1) is 5.92 Å². The molecule has 2 aliphatic rings. The van der Waals surface area contributed by atoms with Crippen molar-refractivity contribution in [1.82, 2.24) is 4.90 Å². The first-order valence-corrected chi connectivity index (χ1v) is 5.08. The maximum absolute atomic E-state index is 11.4.